The Bertz CT molecular complexity index is 669. The van der Waals surface area contributed by atoms with Gasteiger partial charge >= 0.3 is 0 Å². The molecule has 0 spiro atoms. The summed E-state index contributed by atoms with van der Waals surface area (Å²) < 4.78 is 35.2. The Balaban J connectivity index is 3.06. The Morgan fingerprint density at radius 2 is 1.95 bits per heavy atom. The van der Waals surface area contributed by atoms with Crippen LogP contribution in [-0.4, -0.2) is 30.3 Å². The van der Waals surface area contributed by atoms with E-state index >= 15 is 0 Å². The second kappa shape index (κ2) is 5.45. The van der Waals surface area contributed by atoms with E-state index in [1.54, 1.807) is 0 Å². The molecule has 0 bridgehead atoms. The summed E-state index contributed by atoms with van der Waals surface area (Å²) in [6, 6.07) is 3.79. The number of carbonyl (C=O) groups is 1. The van der Waals surface area contributed by atoms with Gasteiger partial charge in [0.05, 0.1) is 5.69 Å². The number of anilines is 1. The van der Waals surface area contributed by atoms with Crippen molar-refractivity contribution in [3.63, 3.8) is 0 Å². The molecule has 5 nitrogen and oxygen atoms in total. The quantitative estimate of drug-likeness (QED) is 0.815. The Morgan fingerprint density at radius 3 is 2.35 bits per heavy atom. The first kappa shape index (κ1) is 16.5. The average molecular weight is 318 g/mol. The molecule has 0 fully saturated rings. The lowest BCUT2D eigenvalue weighted by Crippen LogP contribution is -2.44. The smallest absolute Gasteiger partial charge is 0.245 e. The molecule has 0 aliphatic carbocycles. The highest BCUT2D eigenvalue weighted by Gasteiger charge is 2.38. The summed E-state index contributed by atoms with van der Waals surface area (Å²) in [5.41, 5.74) is 5.54. The Morgan fingerprint density at radius 1 is 1.40 bits per heavy atom. The van der Waals surface area contributed by atoms with Crippen molar-refractivity contribution in [1.82, 2.24) is 0 Å². The number of hydrogen-bond acceptors (Lipinski definition) is 4. The normalized spacial score (nSPS) is 12.0. The zero-order valence-corrected chi connectivity index (χ0v) is 12.9. The van der Waals surface area contributed by atoms with Gasteiger partial charge < -0.3 is 11.1 Å². The predicted molar refractivity (Wildman–Crippen MR) is 79.8 cm³/mol. The number of thiocarbonyl (C=S) groups is 1. The van der Waals surface area contributed by atoms with Crippen LogP contribution in [0.15, 0.2) is 18.2 Å². The Hall–Kier alpha value is -1.54. The summed E-state index contributed by atoms with van der Waals surface area (Å²) in [5.74, 6) is -1.56. The maximum absolute atomic E-state index is 13.8. The molecule has 0 atom stereocenters. The van der Waals surface area contributed by atoms with Gasteiger partial charge in [-0.25, -0.2) is 12.8 Å². The van der Waals surface area contributed by atoms with Crippen molar-refractivity contribution in [2.45, 2.75) is 18.6 Å². The molecule has 0 aliphatic heterocycles. The minimum absolute atomic E-state index is 0.0262. The molecular formula is C12H15FN2O3S2. The van der Waals surface area contributed by atoms with E-state index in [2.05, 4.69) is 5.32 Å². The van der Waals surface area contributed by atoms with Crippen molar-refractivity contribution >= 4 is 38.6 Å². The van der Waals surface area contributed by atoms with Gasteiger partial charge in [0.15, 0.2) is 9.84 Å². The maximum Gasteiger partial charge on any atom is 0.245 e. The fraction of sp³-hybridized carbons (Fsp3) is 0.333. The number of halogens is 1. The second-order valence-electron chi connectivity index (χ2n) is 4.80. The molecule has 1 amide bonds. The van der Waals surface area contributed by atoms with Crippen LogP contribution in [0.2, 0.25) is 0 Å². The van der Waals surface area contributed by atoms with Gasteiger partial charge in [0.2, 0.25) is 5.91 Å². The van der Waals surface area contributed by atoms with E-state index in [-0.39, 0.29) is 10.7 Å². The van der Waals surface area contributed by atoms with Crippen molar-refractivity contribution < 1.29 is 17.6 Å². The number of nitrogens with one attached hydrogen (secondary N) is 1. The minimum Gasteiger partial charge on any atom is -0.389 e. The average Bonchev–Trinajstić information content (AvgIpc) is 2.29. The van der Waals surface area contributed by atoms with E-state index in [0.717, 1.165) is 12.3 Å². The highest BCUT2D eigenvalue weighted by molar-refractivity contribution is 7.92. The highest BCUT2D eigenvalue weighted by Crippen LogP contribution is 2.21. The summed E-state index contributed by atoms with van der Waals surface area (Å²) >= 11 is 4.71. The van der Waals surface area contributed by atoms with Crippen molar-refractivity contribution in [1.29, 1.82) is 0 Å². The predicted octanol–water partition coefficient (Wildman–Crippen LogP) is 1.22. The van der Waals surface area contributed by atoms with Crippen molar-refractivity contribution in [2.24, 2.45) is 5.73 Å². The molecule has 3 N–H and O–H groups in total. The van der Waals surface area contributed by atoms with E-state index in [0.29, 0.717) is 5.56 Å². The molecule has 20 heavy (non-hydrogen) atoms. The molecule has 0 unspecified atom stereocenters. The first-order valence-electron chi connectivity index (χ1n) is 5.57. The molecule has 0 heterocycles. The zero-order valence-electron chi connectivity index (χ0n) is 11.2. The molecule has 1 aromatic rings. The lowest BCUT2D eigenvalue weighted by atomic mass is 10.1. The van der Waals surface area contributed by atoms with E-state index in [9.17, 15) is 17.6 Å². The second-order valence-corrected chi connectivity index (χ2v) is 7.80. The van der Waals surface area contributed by atoms with Gasteiger partial charge in [-0.2, -0.15) is 0 Å². The third kappa shape index (κ3) is 3.31. The minimum atomic E-state index is -3.63. The van der Waals surface area contributed by atoms with Gasteiger partial charge in [-0.15, -0.1) is 0 Å². The van der Waals surface area contributed by atoms with E-state index in [4.69, 9.17) is 18.0 Å². The number of sulfone groups is 1. The molecule has 0 radical (unpaired) electrons. The third-order valence-electron chi connectivity index (χ3n) is 2.98. The maximum atomic E-state index is 13.8. The topological polar surface area (TPSA) is 89.3 Å². The molecule has 110 valence electrons. The molecule has 0 aromatic heterocycles. The number of benzene rings is 1. The first-order valence-corrected chi connectivity index (χ1v) is 7.87. The van der Waals surface area contributed by atoms with Crippen LogP contribution in [0.1, 0.15) is 19.4 Å². The third-order valence-corrected chi connectivity index (χ3v) is 5.25. The molecule has 1 aromatic carbocycles. The fourth-order valence-electron chi connectivity index (χ4n) is 1.21. The highest BCUT2D eigenvalue weighted by atomic mass is 32.2. The van der Waals surface area contributed by atoms with Crippen LogP contribution in [-0.2, 0) is 14.6 Å². The molecule has 0 saturated carbocycles. The molecule has 0 aliphatic rings. The number of nitrogens with two attached hydrogens (primary N) is 1. The molecular weight excluding hydrogens is 303 g/mol. The lowest BCUT2D eigenvalue weighted by molar-refractivity contribution is -0.117. The summed E-state index contributed by atoms with van der Waals surface area (Å²) in [6.45, 7) is 2.50. The summed E-state index contributed by atoms with van der Waals surface area (Å²) in [7, 11) is -3.63. The lowest BCUT2D eigenvalue weighted by Gasteiger charge is -2.21. The SMILES string of the molecule is CC(C)(C(=O)Nc1ccc(C(N)=S)cc1F)S(C)(=O)=O. The van der Waals surface area contributed by atoms with Crippen molar-refractivity contribution in [3.8, 4) is 0 Å². The first-order chi connectivity index (χ1) is 8.96. The summed E-state index contributed by atoms with van der Waals surface area (Å²) in [6.07, 6.45) is 0.943. The van der Waals surface area contributed by atoms with Gasteiger partial charge in [0.1, 0.15) is 15.6 Å². The van der Waals surface area contributed by atoms with Gasteiger partial charge in [-0.1, -0.05) is 12.2 Å². The number of hydrogen-bond donors (Lipinski definition) is 2. The zero-order chi connectivity index (χ0) is 15.7. The largest absolute Gasteiger partial charge is 0.389 e. The van der Waals surface area contributed by atoms with Crippen molar-refractivity contribution in [3.05, 3.63) is 29.6 Å². The van der Waals surface area contributed by atoms with Gasteiger partial charge in [-0.05, 0) is 32.0 Å². The molecule has 8 heteroatoms. The molecule has 1 rings (SSSR count). The molecule has 0 saturated heterocycles. The van der Waals surface area contributed by atoms with Crippen LogP contribution in [0, 0.1) is 5.82 Å². The monoisotopic (exact) mass is 318 g/mol. The van der Waals surface area contributed by atoms with Crippen LogP contribution in [0.5, 0.6) is 0 Å². The summed E-state index contributed by atoms with van der Waals surface area (Å²) in [4.78, 5) is 12.0. The van der Waals surface area contributed by atoms with Gasteiger partial charge in [0.25, 0.3) is 0 Å². The Labute approximate surface area is 122 Å². The standard InChI is InChI=1S/C12H15FN2O3S2/c1-12(2,20(3,17)18)11(16)15-9-5-4-7(10(14)19)6-8(9)13/h4-6H,1-3H3,(H2,14,19)(H,15,16). The van der Waals surface area contributed by atoms with Crippen LogP contribution in [0.3, 0.4) is 0 Å². The van der Waals surface area contributed by atoms with Gasteiger partial charge in [0, 0.05) is 11.8 Å². The van der Waals surface area contributed by atoms with Crippen LogP contribution in [0.4, 0.5) is 10.1 Å². The number of amides is 1. The number of rotatable bonds is 4. The van der Waals surface area contributed by atoms with E-state index in [1.807, 2.05) is 0 Å². The number of carbonyl (C=O) groups excluding carboxylic acids is 1. The van der Waals surface area contributed by atoms with Crippen LogP contribution < -0.4 is 11.1 Å². The van der Waals surface area contributed by atoms with Gasteiger partial charge in [-0.3, -0.25) is 4.79 Å². The fourth-order valence-corrected chi connectivity index (χ4v) is 1.73. The van der Waals surface area contributed by atoms with Crippen LogP contribution >= 0.6 is 12.2 Å². The van der Waals surface area contributed by atoms with Crippen molar-refractivity contribution in [2.75, 3.05) is 11.6 Å². The summed E-state index contributed by atoms with van der Waals surface area (Å²) in [5, 5.41) is 2.25. The Kier molecular flexibility index (Phi) is 4.50. The van der Waals surface area contributed by atoms with E-state index in [1.165, 1.54) is 26.0 Å². The van der Waals surface area contributed by atoms with Crippen LogP contribution in [0.25, 0.3) is 0 Å². The van der Waals surface area contributed by atoms with E-state index < -0.39 is 26.3 Å².